The molecule has 6 heteroatoms. The molecule has 1 aliphatic rings. The topological polar surface area (TPSA) is 69.6 Å². The second-order valence-electron chi connectivity index (χ2n) is 5.77. The van der Waals surface area contributed by atoms with Gasteiger partial charge in [-0.3, -0.25) is 9.59 Å². The van der Waals surface area contributed by atoms with Gasteiger partial charge in [0.25, 0.3) is 0 Å². The summed E-state index contributed by atoms with van der Waals surface area (Å²) in [7, 11) is 0. The Morgan fingerprint density at radius 3 is 2.50 bits per heavy atom. The predicted molar refractivity (Wildman–Crippen MR) is 91.9 cm³/mol. The number of phenolic OH excluding ortho intramolecular Hbond substituents is 1. The van der Waals surface area contributed by atoms with E-state index in [0.717, 1.165) is 5.56 Å². The number of rotatable bonds is 4. The van der Waals surface area contributed by atoms with E-state index in [1.807, 2.05) is 12.1 Å². The monoisotopic (exact) mass is 344 g/mol. The van der Waals surface area contributed by atoms with Gasteiger partial charge in [-0.1, -0.05) is 23.7 Å². The minimum atomic E-state index is -0.376. The molecule has 2 aromatic carbocycles. The Morgan fingerprint density at radius 2 is 1.83 bits per heavy atom. The van der Waals surface area contributed by atoms with Gasteiger partial charge in [-0.2, -0.15) is 0 Å². The van der Waals surface area contributed by atoms with E-state index in [-0.39, 0.29) is 29.9 Å². The van der Waals surface area contributed by atoms with Crippen LogP contribution in [0.2, 0.25) is 5.02 Å². The molecule has 0 saturated carbocycles. The predicted octanol–water partition coefficient (Wildman–Crippen LogP) is 2.71. The summed E-state index contributed by atoms with van der Waals surface area (Å²) in [6.07, 6.45) is 0.188. The standard InChI is InChI=1S/C18H17ClN2O3/c19-14-3-1-12(2-4-14)10-20-18(24)13-9-17(23)21(11-13)15-5-7-16(22)8-6-15/h1-8,13,22H,9-11H2,(H,20,24)/t13-/m0/s1. The van der Waals surface area contributed by atoms with Crippen molar-refractivity contribution in [3.05, 3.63) is 59.1 Å². The number of hydrogen-bond donors (Lipinski definition) is 2. The van der Waals surface area contributed by atoms with Gasteiger partial charge >= 0.3 is 0 Å². The number of carbonyl (C=O) groups excluding carboxylic acids is 2. The van der Waals surface area contributed by atoms with Crippen molar-refractivity contribution >= 4 is 29.1 Å². The molecule has 2 N–H and O–H groups in total. The number of amides is 2. The molecule has 0 aliphatic carbocycles. The first-order valence-corrected chi connectivity index (χ1v) is 8.02. The fourth-order valence-electron chi connectivity index (χ4n) is 2.70. The van der Waals surface area contributed by atoms with Crippen molar-refractivity contribution in [3.63, 3.8) is 0 Å². The zero-order valence-corrected chi connectivity index (χ0v) is 13.7. The number of phenols is 1. The van der Waals surface area contributed by atoms with Gasteiger partial charge in [0.2, 0.25) is 11.8 Å². The summed E-state index contributed by atoms with van der Waals surface area (Å²) < 4.78 is 0. The van der Waals surface area contributed by atoms with Crippen molar-refractivity contribution in [3.8, 4) is 5.75 Å². The number of halogens is 1. The minimum Gasteiger partial charge on any atom is -0.508 e. The van der Waals surface area contributed by atoms with Crippen LogP contribution in [-0.4, -0.2) is 23.5 Å². The van der Waals surface area contributed by atoms with E-state index in [0.29, 0.717) is 23.8 Å². The SMILES string of the molecule is O=C(NCc1ccc(Cl)cc1)[C@H]1CC(=O)N(c2ccc(O)cc2)C1. The van der Waals surface area contributed by atoms with Gasteiger partial charge in [-0.05, 0) is 42.0 Å². The molecule has 3 rings (SSSR count). The molecule has 24 heavy (non-hydrogen) atoms. The van der Waals surface area contributed by atoms with Gasteiger partial charge in [0.1, 0.15) is 5.75 Å². The summed E-state index contributed by atoms with van der Waals surface area (Å²) in [6.45, 7) is 0.746. The summed E-state index contributed by atoms with van der Waals surface area (Å²) in [4.78, 5) is 26.0. The largest absolute Gasteiger partial charge is 0.508 e. The molecule has 1 fully saturated rings. The second-order valence-corrected chi connectivity index (χ2v) is 6.20. The van der Waals surface area contributed by atoms with Crippen LogP contribution in [0.5, 0.6) is 5.75 Å². The molecule has 2 aromatic rings. The summed E-state index contributed by atoms with van der Waals surface area (Å²) >= 11 is 5.83. The number of nitrogens with one attached hydrogen (secondary N) is 1. The molecule has 1 atom stereocenters. The van der Waals surface area contributed by atoms with Gasteiger partial charge in [0.15, 0.2) is 0 Å². The van der Waals surface area contributed by atoms with E-state index in [4.69, 9.17) is 11.6 Å². The maximum Gasteiger partial charge on any atom is 0.227 e. The average molecular weight is 345 g/mol. The zero-order valence-electron chi connectivity index (χ0n) is 12.9. The number of nitrogens with zero attached hydrogens (tertiary/aromatic N) is 1. The zero-order chi connectivity index (χ0) is 17.1. The lowest BCUT2D eigenvalue weighted by atomic mass is 10.1. The average Bonchev–Trinajstić information content (AvgIpc) is 2.97. The van der Waals surface area contributed by atoms with E-state index >= 15 is 0 Å². The molecule has 0 bridgehead atoms. The van der Waals surface area contributed by atoms with Crippen LogP contribution in [0.25, 0.3) is 0 Å². The molecule has 5 nitrogen and oxygen atoms in total. The van der Waals surface area contributed by atoms with E-state index in [2.05, 4.69) is 5.32 Å². The lowest BCUT2D eigenvalue weighted by Crippen LogP contribution is -2.32. The molecule has 1 saturated heterocycles. The number of hydrogen-bond acceptors (Lipinski definition) is 3. The number of aromatic hydroxyl groups is 1. The first-order chi connectivity index (χ1) is 11.5. The van der Waals surface area contributed by atoms with E-state index in [1.165, 1.54) is 12.1 Å². The highest BCUT2D eigenvalue weighted by Crippen LogP contribution is 2.26. The lowest BCUT2D eigenvalue weighted by molar-refractivity contribution is -0.126. The highest BCUT2D eigenvalue weighted by molar-refractivity contribution is 6.30. The maximum absolute atomic E-state index is 12.3. The molecular formula is C18H17ClN2O3. The minimum absolute atomic E-state index is 0.0904. The van der Waals surface area contributed by atoms with Gasteiger partial charge < -0.3 is 15.3 Å². The molecule has 1 aliphatic heterocycles. The fourth-order valence-corrected chi connectivity index (χ4v) is 2.83. The highest BCUT2D eigenvalue weighted by atomic mass is 35.5. The van der Waals surface area contributed by atoms with Crippen LogP contribution in [-0.2, 0) is 16.1 Å². The molecule has 1 heterocycles. The van der Waals surface area contributed by atoms with Crippen molar-refractivity contribution in [2.75, 3.05) is 11.4 Å². The Bertz CT molecular complexity index is 744. The fraction of sp³-hybridized carbons (Fsp3) is 0.222. The van der Waals surface area contributed by atoms with Crippen molar-refractivity contribution in [1.82, 2.24) is 5.32 Å². The van der Waals surface area contributed by atoms with Crippen LogP contribution in [0.3, 0.4) is 0 Å². The molecule has 2 amide bonds. The quantitative estimate of drug-likeness (QED) is 0.896. The number of anilines is 1. The third-order valence-electron chi connectivity index (χ3n) is 4.04. The van der Waals surface area contributed by atoms with Crippen LogP contribution >= 0.6 is 11.6 Å². The molecule has 0 aromatic heterocycles. The Morgan fingerprint density at radius 1 is 1.17 bits per heavy atom. The summed E-state index contributed by atoms with van der Waals surface area (Å²) in [6, 6.07) is 13.6. The Hall–Kier alpha value is -2.53. The Labute approximate surface area is 144 Å². The van der Waals surface area contributed by atoms with Gasteiger partial charge in [-0.25, -0.2) is 0 Å². The number of benzene rings is 2. The molecule has 0 radical (unpaired) electrons. The van der Waals surface area contributed by atoms with Crippen LogP contribution in [0.1, 0.15) is 12.0 Å². The molecular weight excluding hydrogens is 328 g/mol. The van der Waals surface area contributed by atoms with Crippen molar-refractivity contribution < 1.29 is 14.7 Å². The molecule has 124 valence electrons. The Balaban J connectivity index is 1.59. The van der Waals surface area contributed by atoms with E-state index in [9.17, 15) is 14.7 Å². The van der Waals surface area contributed by atoms with Gasteiger partial charge in [0, 0.05) is 30.2 Å². The number of carbonyl (C=O) groups is 2. The normalized spacial score (nSPS) is 17.1. The highest BCUT2D eigenvalue weighted by Gasteiger charge is 2.34. The van der Waals surface area contributed by atoms with E-state index in [1.54, 1.807) is 29.2 Å². The van der Waals surface area contributed by atoms with Gasteiger partial charge in [-0.15, -0.1) is 0 Å². The molecule has 0 unspecified atom stereocenters. The smallest absolute Gasteiger partial charge is 0.227 e. The van der Waals surface area contributed by atoms with Gasteiger partial charge in [0.05, 0.1) is 5.92 Å². The maximum atomic E-state index is 12.3. The second kappa shape index (κ2) is 6.93. The van der Waals surface area contributed by atoms with Crippen LogP contribution in [0.4, 0.5) is 5.69 Å². The van der Waals surface area contributed by atoms with E-state index < -0.39 is 0 Å². The first-order valence-electron chi connectivity index (χ1n) is 7.64. The van der Waals surface area contributed by atoms with Crippen LogP contribution in [0, 0.1) is 5.92 Å². The van der Waals surface area contributed by atoms with Crippen molar-refractivity contribution in [2.45, 2.75) is 13.0 Å². The third-order valence-corrected chi connectivity index (χ3v) is 4.29. The third kappa shape index (κ3) is 3.68. The molecule has 0 spiro atoms. The Kier molecular flexibility index (Phi) is 4.71. The lowest BCUT2D eigenvalue weighted by Gasteiger charge is -2.16. The van der Waals surface area contributed by atoms with Crippen molar-refractivity contribution in [2.24, 2.45) is 5.92 Å². The van der Waals surface area contributed by atoms with Crippen LogP contribution < -0.4 is 10.2 Å². The summed E-state index contributed by atoms with van der Waals surface area (Å²) in [5, 5.41) is 12.8. The van der Waals surface area contributed by atoms with Crippen LogP contribution in [0.15, 0.2) is 48.5 Å². The summed E-state index contributed by atoms with van der Waals surface area (Å²) in [5.74, 6) is -0.465. The first kappa shape index (κ1) is 16.3. The summed E-state index contributed by atoms with van der Waals surface area (Å²) in [5.41, 5.74) is 1.64. The van der Waals surface area contributed by atoms with Crippen molar-refractivity contribution in [1.29, 1.82) is 0 Å².